The molecule has 1 heterocycles. The van der Waals surface area contributed by atoms with Crippen molar-refractivity contribution in [3.8, 4) is 0 Å². The van der Waals surface area contributed by atoms with Gasteiger partial charge in [0, 0.05) is 23.1 Å². The van der Waals surface area contributed by atoms with Crippen molar-refractivity contribution in [3.05, 3.63) is 57.8 Å². The first-order valence-electron chi connectivity index (χ1n) is 6.99. The van der Waals surface area contributed by atoms with Crippen LogP contribution in [0.4, 0.5) is 8.78 Å². The lowest BCUT2D eigenvalue weighted by molar-refractivity contribution is 0.579. The fourth-order valence-electron chi connectivity index (χ4n) is 2.31. The molecular weight excluding hydrogens is 386 g/mol. The lowest BCUT2D eigenvalue weighted by Crippen LogP contribution is -1.95. The van der Waals surface area contributed by atoms with Gasteiger partial charge in [0.05, 0.1) is 20.8 Å². The molecule has 0 aliphatic carbocycles. The highest BCUT2D eigenvalue weighted by molar-refractivity contribution is 9.10. The molecule has 1 atom stereocenters. The minimum Gasteiger partial charge on any atom is -0.342 e. The molecular formula is C16H13BrF2N2OS. The minimum atomic E-state index is -0.986. The molecule has 0 saturated carbocycles. The van der Waals surface area contributed by atoms with E-state index < -0.39 is 22.4 Å². The Morgan fingerprint density at radius 3 is 2.61 bits per heavy atom. The second-order valence-electron chi connectivity index (χ2n) is 5.02. The number of halogens is 3. The number of aromatic amines is 1. The molecule has 0 amide bonds. The zero-order valence-corrected chi connectivity index (χ0v) is 14.6. The van der Waals surface area contributed by atoms with E-state index in [0.717, 1.165) is 10.5 Å². The first-order chi connectivity index (χ1) is 11.0. The van der Waals surface area contributed by atoms with E-state index in [2.05, 4.69) is 25.9 Å². The van der Waals surface area contributed by atoms with Crippen molar-refractivity contribution in [2.24, 2.45) is 0 Å². The van der Waals surface area contributed by atoms with Crippen LogP contribution in [0.5, 0.6) is 0 Å². The summed E-state index contributed by atoms with van der Waals surface area (Å²) in [5.41, 5.74) is 1.37. The second kappa shape index (κ2) is 6.49. The molecule has 3 aromatic rings. The molecule has 1 unspecified atom stereocenters. The van der Waals surface area contributed by atoms with Crippen molar-refractivity contribution in [3.63, 3.8) is 0 Å². The van der Waals surface area contributed by atoms with Gasteiger partial charge in [0.15, 0.2) is 5.82 Å². The summed E-state index contributed by atoms with van der Waals surface area (Å²) in [6.45, 7) is 1.87. The molecule has 1 N–H and O–H groups in total. The molecule has 0 fully saturated rings. The molecule has 3 rings (SSSR count). The van der Waals surface area contributed by atoms with E-state index in [4.69, 9.17) is 0 Å². The topological polar surface area (TPSA) is 45.8 Å². The lowest BCUT2D eigenvalue weighted by Gasteiger charge is -2.01. The number of nitrogens with one attached hydrogen (secondary N) is 1. The van der Waals surface area contributed by atoms with Crippen molar-refractivity contribution in [2.45, 2.75) is 18.2 Å². The smallest absolute Gasteiger partial charge is 0.168 e. The number of H-pyrrole nitrogens is 1. The SMILES string of the molecule is CCS(=O)c1ccc(Cc2nc3c(F)c(Br)c(F)cc3[nH]2)cc1. The Kier molecular flexibility index (Phi) is 4.59. The summed E-state index contributed by atoms with van der Waals surface area (Å²) in [6.07, 6.45) is 0.451. The van der Waals surface area contributed by atoms with Crippen molar-refractivity contribution in [2.75, 3.05) is 5.75 Å². The predicted molar refractivity (Wildman–Crippen MR) is 89.9 cm³/mol. The van der Waals surface area contributed by atoms with Crippen LogP contribution in [0.15, 0.2) is 39.7 Å². The Bertz CT molecular complexity index is 893. The lowest BCUT2D eigenvalue weighted by atomic mass is 10.1. The summed E-state index contributed by atoms with van der Waals surface area (Å²) in [6, 6.07) is 8.57. The molecule has 0 saturated heterocycles. The maximum Gasteiger partial charge on any atom is 0.168 e. The van der Waals surface area contributed by atoms with Crippen molar-refractivity contribution >= 4 is 37.8 Å². The molecule has 0 aliphatic rings. The van der Waals surface area contributed by atoms with Crippen LogP contribution in [0, 0.1) is 11.6 Å². The van der Waals surface area contributed by atoms with E-state index in [1.54, 1.807) is 0 Å². The van der Waals surface area contributed by atoms with Gasteiger partial charge >= 0.3 is 0 Å². The Balaban J connectivity index is 1.90. The quantitative estimate of drug-likeness (QED) is 0.665. The summed E-state index contributed by atoms with van der Waals surface area (Å²) >= 11 is 2.87. The summed E-state index contributed by atoms with van der Waals surface area (Å²) in [7, 11) is -0.986. The molecule has 0 aliphatic heterocycles. The Labute approximate surface area is 142 Å². The van der Waals surface area contributed by atoms with Gasteiger partial charge < -0.3 is 4.98 Å². The number of rotatable bonds is 4. The first kappa shape index (κ1) is 16.3. The Morgan fingerprint density at radius 2 is 1.96 bits per heavy atom. The van der Waals surface area contributed by atoms with E-state index in [1.165, 1.54) is 6.07 Å². The highest BCUT2D eigenvalue weighted by atomic mass is 79.9. The molecule has 23 heavy (non-hydrogen) atoms. The van der Waals surface area contributed by atoms with Gasteiger partial charge in [-0.2, -0.15) is 0 Å². The molecule has 0 radical (unpaired) electrons. The molecule has 3 nitrogen and oxygen atoms in total. The summed E-state index contributed by atoms with van der Waals surface area (Å²) in [5.74, 6) is -0.267. The Hall–Kier alpha value is -1.60. The molecule has 7 heteroatoms. The number of hydrogen-bond donors (Lipinski definition) is 1. The summed E-state index contributed by atoms with van der Waals surface area (Å²) < 4.78 is 39.0. The molecule has 0 bridgehead atoms. The van der Waals surface area contributed by atoms with Crippen LogP contribution in [0.2, 0.25) is 0 Å². The maximum atomic E-state index is 14.0. The third kappa shape index (κ3) is 3.21. The van der Waals surface area contributed by atoms with Crippen LogP contribution in [0.3, 0.4) is 0 Å². The highest BCUT2D eigenvalue weighted by Gasteiger charge is 2.15. The van der Waals surface area contributed by atoms with Gasteiger partial charge in [-0.1, -0.05) is 19.1 Å². The summed E-state index contributed by atoms with van der Waals surface area (Å²) in [4.78, 5) is 7.90. The zero-order valence-electron chi connectivity index (χ0n) is 12.2. The van der Waals surface area contributed by atoms with Crippen LogP contribution in [-0.4, -0.2) is 19.9 Å². The van der Waals surface area contributed by atoms with Gasteiger partial charge in [0.25, 0.3) is 0 Å². The van der Waals surface area contributed by atoms with Gasteiger partial charge in [-0.25, -0.2) is 13.8 Å². The van der Waals surface area contributed by atoms with Crippen LogP contribution < -0.4 is 0 Å². The second-order valence-corrected chi connectivity index (χ2v) is 7.55. The monoisotopic (exact) mass is 398 g/mol. The molecule has 1 aromatic heterocycles. The molecule has 0 spiro atoms. The largest absolute Gasteiger partial charge is 0.342 e. The first-order valence-corrected chi connectivity index (χ1v) is 9.10. The van der Waals surface area contributed by atoms with Crippen molar-refractivity contribution in [1.29, 1.82) is 0 Å². The van der Waals surface area contributed by atoms with Gasteiger partial charge in [-0.05, 0) is 33.6 Å². The van der Waals surface area contributed by atoms with Crippen molar-refractivity contribution < 1.29 is 13.0 Å². The normalized spacial score (nSPS) is 12.7. The number of nitrogens with zero attached hydrogens (tertiary/aromatic N) is 1. The van der Waals surface area contributed by atoms with Gasteiger partial charge in [0.2, 0.25) is 0 Å². The standard InChI is InChI=1S/C16H13BrF2N2OS/c1-2-23(22)10-5-3-9(4-6-10)7-13-20-12-8-11(18)14(17)15(19)16(12)21-13/h3-6,8H,2,7H2,1H3,(H,20,21). The maximum absolute atomic E-state index is 14.0. The van der Waals surface area contributed by atoms with E-state index >= 15 is 0 Å². The van der Waals surface area contributed by atoms with Crippen LogP contribution >= 0.6 is 15.9 Å². The number of fused-ring (bicyclic) bond motifs is 1. The number of benzene rings is 2. The average Bonchev–Trinajstić information content (AvgIpc) is 2.95. The van der Waals surface area contributed by atoms with E-state index in [0.29, 0.717) is 23.5 Å². The van der Waals surface area contributed by atoms with E-state index in [1.807, 2.05) is 31.2 Å². The van der Waals surface area contributed by atoms with Gasteiger partial charge in [0.1, 0.15) is 17.2 Å². The molecule has 120 valence electrons. The van der Waals surface area contributed by atoms with Gasteiger partial charge in [-0.3, -0.25) is 4.21 Å². The Morgan fingerprint density at radius 1 is 1.26 bits per heavy atom. The van der Waals surface area contributed by atoms with E-state index in [-0.39, 0.29) is 9.99 Å². The van der Waals surface area contributed by atoms with Crippen LogP contribution in [-0.2, 0) is 17.2 Å². The number of hydrogen-bond acceptors (Lipinski definition) is 2. The predicted octanol–water partition coefficient (Wildman–Crippen LogP) is 4.32. The van der Waals surface area contributed by atoms with Gasteiger partial charge in [-0.15, -0.1) is 0 Å². The van der Waals surface area contributed by atoms with E-state index in [9.17, 15) is 13.0 Å². The van der Waals surface area contributed by atoms with Crippen molar-refractivity contribution in [1.82, 2.24) is 9.97 Å². The average molecular weight is 399 g/mol. The highest BCUT2D eigenvalue weighted by Crippen LogP contribution is 2.27. The number of imidazole rings is 1. The fourth-order valence-corrected chi connectivity index (χ4v) is 3.39. The fraction of sp³-hybridized carbons (Fsp3) is 0.188. The zero-order chi connectivity index (χ0) is 16.6. The third-order valence-corrected chi connectivity index (χ3v) is 5.53. The third-order valence-electron chi connectivity index (χ3n) is 3.48. The number of aromatic nitrogens is 2. The molecule has 2 aromatic carbocycles. The minimum absolute atomic E-state index is 0.108. The van der Waals surface area contributed by atoms with Crippen LogP contribution in [0.25, 0.3) is 11.0 Å². The summed E-state index contributed by atoms with van der Waals surface area (Å²) in [5, 5.41) is 0. The van der Waals surface area contributed by atoms with Crippen LogP contribution in [0.1, 0.15) is 18.3 Å².